The Kier molecular flexibility index (Phi) is 8.11. The van der Waals surface area contributed by atoms with Gasteiger partial charge in [-0.15, -0.1) is 13.2 Å². The second-order valence-corrected chi connectivity index (χ2v) is 11.9. The number of hydrogen-bond donors (Lipinski definition) is 1. The van der Waals surface area contributed by atoms with E-state index in [1.54, 1.807) is 26.9 Å². The third kappa shape index (κ3) is 4.61. The van der Waals surface area contributed by atoms with Gasteiger partial charge < -0.3 is 24.5 Å². The van der Waals surface area contributed by atoms with Crippen LogP contribution in [0.4, 0.5) is 5.69 Å². The van der Waals surface area contributed by atoms with E-state index in [4.69, 9.17) is 4.74 Å². The molecule has 0 aromatic heterocycles. The number of rotatable bonds is 11. The van der Waals surface area contributed by atoms with Crippen molar-refractivity contribution >= 4 is 23.4 Å². The summed E-state index contributed by atoms with van der Waals surface area (Å²) in [5.74, 6) is -2.15. The van der Waals surface area contributed by atoms with Gasteiger partial charge in [-0.2, -0.15) is 0 Å². The second-order valence-electron chi connectivity index (χ2n) is 11.9. The summed E-state index contributed by atoms with van der Waals surface area (Å²) in [7, 11) is 0. The van der Waals surface area contributed by atoms with Gasteiger partial charge in [0.05, 0.1) is 17.4 Å². The molecule has 3 aliphatic heterocycles. The molecule has 39 heavy (non-hydrogen) atoms. The van der Waals surface area contributed by atoms with Crippen LogP contribution in [0.5, 0.6) is 0 Å². The molecule has 4 rings (SSSR count). The minimum absolute atomic E-state index is 0.110. The van der Waals surface area contributed by atoms with Crippen molar-refractivity contribution in [3.05, 3.63) is 55.6 Å². The summed E-state index contributed by atoms with van der Waals surface area (Å²) in [6.45, 7) is 16.3. The minimum Gasteiger partial charge on any atom is -0.396 e. The quantitative estimate of drug-likeness (QED) is 0.436. The van der Waals surface area contributed by atoms with Gasteiger partial charge in [0, 0.05) is 37.5 Å². The Balaban J connectivity index is 1.83. The lowest BCUT2D eigenvalue weighted by Crippen LogP contribution is -2.60. The Morgan fingerprint density at radius 1 is 1.13 bits per heavy atom. The number of amides is 3. The Morgan fingerprint density at radius 3 is 2.36 bits per heavy atom. The van der Waals surface area contributed by atoms with Crippen molar-refractivity contribution in [1.29, 1.82) is 0 Å². The number of fused-ring (bicyclic) bond motifs is 1. The van der Waals surface area contributed by atoms with Crippen LogP contribution in [0.3, 0.4) is 0 Å². The summed E-state index contributed by atoms with van der Waals surface area (Å²) in [5.41, 5.74) is -1.74. The predicted octanol–water partition coefficient (Wildman–Crippen LogP) is 3.56. The average molecular weight is 538 g/mol. The monoisotopic (exact) mass is 537 g/mol. The van der Waals surface area contributed by atoms with E-state index in [-0.39, 0.29) is 30.9 Å². The summed E-state index contributed by atoms with van der Waals surface area (Å²) >= 11 is 0. The molecule has 3 heterocycles. The maximum absolute atomic E-state index is 14.4. The molecule has 8 nitrogen and oxygen atoms in total. The molecule has 3 fully saturated rings. The molecule has 0 aliphatic carbocycles. The van der Waals surface area contributed by atoms with Crippen LogP contribution in [-0.4, -0.2) is 81.7 Å². The number of ether oxygens (including phenoxy) is 1. The normalized spacial score (nSPS) is 29.3. The number of nitrogens with zero attached hydrogens (tertiary/aromatic N) is 3. The zero-order valence-corrected chi connectivity index (χ0v) is 23.8. The fraction of sp³-hybridized carbons (Fsp3) is 0.581. The van der Waals surface area contributed by atoms with Gasteiger partial charge in [0.25, 0.3) is 0 Å². The van der Waals surface area contributed by atoms with Crippen molar-refractivity contribution in [2.75, 3.05) is 31.1 Å². The first-order chi connectivity index (χ1) is 18.5. The van der Waals surface area contributed by atoms with E-state index in [0.29, 0.717) is 38.8 Å². The number of likely N-dealkylation sites (tertiary alicyclic amines) is 1. The molecule has 1 spiro atoms. The Morgan fingerprint density at radius 2 is 1.79 bits per heavy atom. The molecule has 8 heteroatoms. The third-order valence-electron chi connectivity index (χ3n) is 8.77. The molecule has 1 N–H and O–H groups in total. The van der Waals surface area contributed by atoms with E-state index in [2.05, 4.69) is 13.2 Å². The van der Waals surface area contributed by atoms with Gasteiger partial charge >= 0.3 is 0 Å². The first kappa shape index (κ1) is 29.0. The molecule has 0 saturated carbocycles. The molecule has 1 aromatic carbocycles. The van der Waals surface area contributed by atoms with Crippen LogP contribution in [0.25, 0.3) is 0 Å². The number of para-hydroxylation sites is 1. The van der Waals surface area contributed by atoms with E-state index < -0.39 is 34.6 Å². The molecule has 3 amide bonds. The van der Waals surface area contributed by atoms with Crippen LogP contribution < -0.4 is 4.90 Å². The molecule has 3 aliphatic rings. The van der Waals surface area contributed by atoms with E-state index in [1.165, 1.54) is 0 Å². The molecular formula is C31H43N3O5. The van der Waals surface area contributed by atoms with E-state index in [0.717, 1.165) is 5.69 Å². The first-order valence-electron chi connectivity index (χ1n) is 14.0. The first-order valence-corrected chi connectivity index (χ1v) is 14.0. The second kappa shape index (κ2) is 10.9. The number of aliphatic hydroxyl groups is 1. The van der Waals surface area contributed by atoms with E-state index in [9.17, 15) is 19.5 Å². The summed E-state index contributed by atoms with van der Waals surface area (Å²) in [4.78, 5) is 48.1. The van der Waals surface area contributed by atoms with Crippen LogP contribution in [0, 0.1) is 11.8 Å². The van der Waals surface area contributed by atoms with Gasteiger partial charge in [0.15, 0.2) is 0 Å². The number of hydrogen-bond acceptors (Lipinski definition) is 5. The van der Waals surface area contributed by atoms with Crippen molar-refractivity contribution in [3.63, 3.8) is 0 Å². The summed E-state index contributed by atoms with van der Waals surface area (Å²) in [5, 5.41) is 9.62. The molecule has 1 aromatic rings. The van der Waals surface area contributed by atoms with Gasteiger partial charge in [0.2, 0.25) is 17.7 Å². The molecule has 5 atom stereocenters. The topological polar surface area (TPSA) is 90.4 Å². The summed E-state index contributed by atoms with van der Waals surface area (Å²) < 4.78 is 6.90. The van der Waals surface area contributed by atoms with Crippen molar-refractivity contribution in [2.45, 2.75) is 76.2 Å². The van der Waals surface area contributed by atoms with Crippen molar-refractivity contribution in [1.82, 2.24) is 9.80 Å². The van der Waals surface area contributed by atoms with Crippen LogP contribution in [0.15, 0.2) is 55.6 Å². The Labute approximate surface area is 232 Å². The Hall–Kier alpha value is -2.97. The van der Waals surface area contributed by atoms with Gasteiger partial charge in [-0.1, -0.05) is 37.3 Å². The lowest BCUT2D eigenvalue weighted by atomic mass is 9.64. The SMILES string of the molecule is C=CCN(C(=O)[C@H]1[C@H]2C(=O)N(CCCO)C(C(=O)N(CC=C)C(C)(C)C)C23CC[C@]1(CC)O3)c1ccccc1. The van der Waals surface area contributed by atoms with Crippen LogP contribution in [0.1, 0.15) is 53.4 Å². The lowest BCUT2D eigenvalue weighted by molar-refractivity contribution is -0.155. The maximum atomic E-state index is 14.4. The van der Waals surface area contributed by atoms with Crippen molar-refractivity contribution in [2.24, 2.45) is 11.8 Å². The highest BCUT2D eigenvalue weighted by molar-refractivity contribution is 6.03. The number of benzene rings is 1. The molecule has 212 valence electrons. The van der Waals surface area contributed by atoms with E-state index >= 15 is 0 Å². The number of carbonyl (C=O) groups excluding carboxylic acids is 3. The van der Waals surface area contributed by atoms with Crippen molar-refractivity contribution in [3.8, 4) is 0 Å². The standard InChI is InChI=1S/C31H43N3O5/c1-7-18-32(22-14-11-10-12-15-22)26(36)23-24-27(37)33(20-13-21-35)25(28(38)34(19-8-2)29(4,5)6)31(24)17-16-30(23,9-3)39-31/h7-8,10-12,14-15,23-25,35H,1-2,9,13,16-21H2,3-6H3/t23-,24+,25?,30+,31?/m1/s1. The van der Waals surface area contributed by atoms with Crippen LogP contribution in [-0.2, 0) is 19.1 Å². The zero-order valence-electron chi connectivity index (χ0n) is 23.8. The van der Waals surface area contributed by atoms with Crippen LogP contribution >= 0.6 is 0 Å². The molecular weight excluding hydrogens is 494 g/mol. The molecule has 2 bridgehead atoms. The minimum atomic E-state index is -1.11. The van der Waals surface area contributed by atoms with Crippen molar-refractivity contribution < 1.29 is 24.2 Å². The molecule has 3 saturated heterocycles. The fourth-order valence-electron chi connectivity index (χ4n) is 7.05. The maximum Gasteiger partial charge on any atom is 0.249 e. The van der Waals surface area contributed by atoms with Crippen LogP contribution in [0.2, 0.25) is 0 Å². The Bertz CT molecular complexity index is 1110. The molecule has 0 radical (unpaired) electrons. The van der Waals surface area contributed by atoms with Gasteiger partial charge in [0.1, 0.15) is 11.6 Å². The average Bonchev–Trinajstić information content (AvgIpc) is 3.51. The highest BCUT2D eigenvalue weighted by Crippen LogP contribution is 2.64. The smallest absolute Gasteiger partial charge is 0.249 e. The third-order valence-corrected chi connectivity index (χ3v) is 8.77. The van der Waals surface area contributed by atoms with Gasteiger partial charge in [-0.3, -0.25) is 14.4 Å². The highest BCUT2D eigenvalue weighted by atomic mass is 16.5. The summed E-state index contributed by atoms with van der Waals surface area (Å²) in [6, 6.07) is 8.51. The summed E-state index contributed by atoms with van der Waals surface area (Å²) in [6.07, 6.45) is 5.37. The predicted molar refractivity (Wildman–Crippen MR) is 151 cm³/mol. The largest absolute Gasteiger partial charge is 0.396 e. The number of carbonyl (C=O) groups is 3. The lowest BCUT2D eigenvalue weighted by Gasteiger charge is -2.42. The fourth-order valence-corrected chi connectivity index (χ4v) is 7.05. The van der Waals surface area contributed by atoms with E-state index in [1.807, 2.05) is 58.0 Å². The van der Waals surface area contributed by atoms with Gasteiger partial charge in [-0.05, 0) is 58.6 Å². The highest BCUT2D eigenvalue weighted by Gasteiger charge is 2.79. The molecule has 2 unspecified atom stereocenters. The van der Waals surface area contributed by atoms with Gasteiger partial charge in [-0.25, -0.2) is 0 Å². The number of aliphatic hydroxyl groups excluding tert-OH is 1. The zero-order chi connectivity index (χ0) is 28.6. The number of anilines is 1.